The molecule has 2 aromatic carbocycles. The van der Waals surface area contributed by atoms with E-state index in [1.165, 1.54) is 0 Å². The molecule has 0 unspecified atom stereocenters. The first kappa shape index (κ1) is 15.3. The topological polar surface area (TPSA) is 49.8 Å². The van der Waals surface area contributed by atoms with Gasteiger partial charge in [-0.25, -0.2) is 0 Å². The normalized spacial score (nSPS) is 10.6. The third-order valence-electron chi connectivity index (χ3n) is 3.62. The second kappa shape index (κ2) is 7.09. The molecule has 4 heteroatoms. The average molecular weight is 287 g/mol. The molecule has 0 saturated heterocycles. The highest BCUT2D eigenvalue weighted by Gasteiger charge is 2.13. The predicted octanol–water partition coefficient (Wildman–Crippen LogP) is 2.58. The summed E-state index contributed by atoms with van der Waals surface area (Å²) >= 11 is 0. The summed E-state index contributed by atoms with van der Waals surface area (Å²) in [6.07, 6.45) is 0. The van der Waals surface area contributed by atoms with E-state index in [2.05, 4.69) is 0 Å². The van der Waals surface area contributed by atoms with Gasteiger partial charge < -0.3 is 14.7 Å². The standard InChI is InChI=1S/C17H21NO3/c1-3-18(4-2)17(20)12-21-16-10-9-13-7-5-6-8-14(13)15(16)11-19/h5-10,19H,3-4,11-12H2,1-2H3. The first-order valence-electron chi connectivity index (χ1n) is 7.23. The van der Waals surface area contributed by atoms with Crippen molar-refractivity contribution in [3.05, 3.63) is 42.0 Å². The molecule has 0 aliphatic heterocycles. The number of carbonyl (C=O) groups excluding carboxylic acids is 1. The molecule has 0 fully saturated rings. The van der Waals surface area contributed by atoms with Crippen LogP contribution in [0.15, 0.2) is 36.4 Å². The molecule has 0 heterocycles. The van der Waals surface area contributed by atoms with Crippen molar-refractivity contribution >= 4 is 16.7 Å². The molecule has 4 nitrogen and oxygen atoms in total. The Kier molecular flexibility index (Phi) is 5.17. The predicted molar refractivity (Wildman–Crippen MR) is 83.3 cm³/mol. The Morgan fingerprint density at radius 2 is 1.86 bits per heavy atom. The molecule has 0 aromatic heterocycles. The molecule has 0 aliphatic carbocycles. The molecule has 2 rings (SSSR count). The van der Waals surface area contributed by atoms with Gasteiger partial charge in [0.15, 0.2) is 6.61 Å². The minimum absolute atomic E-state index is 0.00692. The smallest absolute Gasteiger partial charge is 0.260 e. The fraction of sp³-hybridized carbons (Fsp3) is 0.353. The summed E-state index contributed by atoms with van der Waals surface area (Å²) in [5.41, 5.74) is 0.723. The van der Waals surface area contributed by atoms with Crippen molar-refractivity contribution in [2.75, 3.05) is 19.7 Å². The number of benzene rings is 2. The van der Waals surface area contributed by atoms with Crippen molar-refractivity contribution < 1.29 is 14.6 Å². The Hall–Kier alpha value is -2.07. The lowest BCUT2D eigenvalue weighted by Crippen LogP contribution is -2.34. The van der Waals surface area contributed by atoms with Crippen LogP contribution in [0.1, 0.15) is 19.4 Å². The maximum absolute atomic E-state index is 12.0. The van der Waals surface area contributed by atoms with E-state index in [0.29, 0.717) is 18.8 Å². The van der Waals surface area contributed by atoms with Crippen LogP contribution in [0.5, 0.6) is 5.75 Å². The van der Waals surface area contributed by atoms with E-state index in [9.17, 15) is 9.90 Å². The zero-order valence-corrected chi connectivity index (χ0v) is 12.5. The second-order valence-corrected chi connectivity index (χ2v) is 4.78. The zero-order valence-electron chi connectivity index (χ0n) is 12.5. The minimum Gasteiger partial charge on any atom is -0.483 e. The molecule has 0 saturated carbocycles. The van der Waals surface area contributed by atoms with Crippen molar-refractivity contribution in [1.82, 2.24) is 4.90 Å². The number of ether oxygens (including phenoxy) is 1. The summed E-state index contributed by atoms with van der Waals surface area (Å²) in [6.45, 7) is 5.10. The van der Waals surface area contributed by atoms with Crippen LogP contribution < -0.4 is 4.74 Å². The number of rotatable bonds is 6. The highest BCUT2D eigenvalue weighted by Crippen LogP contribution is 2.28. The van der Waals surface area contributed by atoms with E-state index >= 15 is 0 Å². The lowest BCUT2D eigenvalue weighted by molar-refractivity contribution is -0.132. The van der Waals surface area contributed by atoms with Gasteiger partial charge in [0.2, 0.25) is 0 Å². The highest BCUT2D eigenvalue weighted by molar-refractivity contribution is 5.87. The number of carbonyl (C=O) groups is 1. The van der Waals surface area contributed by atoms with Gasteiger partial charge in [0, 0.05) is 18.7 Å². The number of hydrogen-bond donors (Lipinski definition) is 1. The lowest BCUT2D eigenvalue weighted by atomic mass is 10.0. The molecule has 0 radical (unpaired) electrons. The lowest BCUT2D eigenvalue weighted by Gasteiger charge is -2.19. The minimum atomic E-state index is -0.115. The Morgan fingerprint density at radius 1 is 1.14 bits per heavy atom. The quantitative estimate of drug-likeness (QED) is 0.888. The molecule has 1 N–H and O–H groups in total. The van der Waals surface area contributed by atoms with Crippen LogP contribution in [0.3, 0.4) is 0 Å². The van der Waals surface area contributed by atoms with Gasteiger partial charge in [-0.3, -0.25) is 4.79 Å². The summed E-state index contributed by atoms with van der Waals surface area (Å²) in [6, 6.07) is 11.6. The molecular weight excluding hydrogens is 266 g/mol. The van der Waals surface area contributed by atoms with Gasteiger partial charge in [0.1, 0.15) is 5.75 Å². The van der Waals surface area contributed by atoms with Crippen LogP contribution in [0.2, 0.25) is 0 Å². The first-order valence-corrected chi connectivity index (χ1v) is 7.23. The van der Waals surface area contributed by atoms with Crippen molar-refractivity contribution in [1.29, 1.82) is 0 Å². The molecule has 0 spiro atoms. The second-order valence-electron chi connectivity index (χ2n) is 4.78. The van der Waals surface area contributed by atoms with Gasteiger partial charge in [-0.1, -0.05) is 30.3 Å². The SMILES string of the molecule is CCN(CC)C(=O)COc1ccc2ccccc2c1CO. The number of hydrogen-bond acceptors (Lipinski definition) is 3. The van der Waals surface area contributed by atoms with Crippen molar-refractivity contribution in [2.24, 2.45) is 0 Å². The van der Waals surface area contributed by atoms with Crippen LogP contribution in [0, 0.1) is 0 Å². The maximum Gasteiger partial charge on any atom is 0.260 e. The molecule has 0 bridgehead atoms. The third kappa shape index (κ3) is 3.34. The van der Waals surface area contributed by atoms with Crippen LogP contribution >= 0.6 is 0 Å². The van der Waals surface area contributed by atoms with Crippen LogP contribution in [0.4, 0.5) is 0 Å². The Labute approximate surface area is 124 Å². The van der Waals surface area contributed by atoms with Crippen LogP contribution in [-0.4, -0.2) is 35.6 Å². The van der Waals surface area contributed by atoms with Gasteiger partial charge in [-0.2, -0.15) is 0 Å². The number of fused-ring (bicyclic) bond motifs is 1. The van der Waals surface area contributed by atoms with E-state index < -0.39 is 0 Å². The Balaban J connectivity index is 2.21. The average Bonchev–Trinajstić information content (AvgIpc) is 2.53. The summed E-state index contributed by atoms with van der Waals surface area (Å²) in [7, 11) is 0. The zero-order chi connectivity index (χ0) is 15.2. The van der Waals surface area contributed by atoms with Gasteiger partial charge >= 0.3 is 0 Å². The molecule has 0 aliphatic rings. The number of likely N-dealkylation sites (N-methyl/N-ethyl adjacent to an activating group) is 1. The van der Waals surface area contributed by atoms with E-state index in [-0.39, 0.29) is 19.1 Å². The number of aliphatic hydroxyl groups is 1. The van der Waals surface area contributed by atoms with Gasteiger partial charge in [-0.15, -0.1) is 0 Å². The van der Waals surface area contributed by atoms with E-state index in [1.54, 1.807) is 4.90 Å². The van der Waals surface area contributed by atoms with Gasteiger partial charge in [-0.05, 0) is 30.7 Å². The molecular formula is C17H21NO3. The summed E-state index contributed by atoms with van der Waals surface area (Å²) in [4.78, 5) is 13.7. The highest BCUT2D eigenvalue weighted by atomic mass is 16.5. The molecule has 112 valence electrons. The fourth-order valence-electron chi connectivity index (χ4n) is 2.42. The van der Waals surface area contributed by atoms with Gasteiger partial charge in [0.25, 0.3) is 5.91 Å². The summed E-state index contributed by atoms with van der Waals surface area (Å²) < 4.78 is 5.63. The molecule has 0 atom stereocenters. The van der Waals surface area contributed by atoms with Crippen LogP contribution in [0.25, 0.3) is 10.8 Å². The van der Waals surface area contributed by atoms with Crippen molar-refractivity contribution in [2.45, 2.75) is 20.5 Å². The first-order chi connectivity index (χ1) is 10.2. The number of amides is 1. The molecule has 1 amide bonds. The van der Waals surface area contributed by atoms with E-state index in [1.807, 2.05) is 50.2 Å². The number of nitrogens with zero attached hydrogens (tertiary/aromatic N) is 1. The maximum atomic E-state index is 12.0. The van der Waals surface area contributed by atoms with E-state index in [4.69, 9.17) is 4.74 Å². The van der Waals surface area contributed by atoms with Crippen molar-refractivity contribution in [3.8, 4) is 5.75 Å². The summed E-state index contributed by atoms with van der Waals surface area (Å²) in [5, 5.41) is 11.6. The molecule has 21 heavy (non-hydrogen) atoms. The van der Waals surface area contributed by atoms with Gasteiger partial charge in [0.05, 0.1) is 6.61 Å². The summed E-state index contributed by atoms with van der Waals surface area (Å²) in [5.74, 6) is 0.522. The van der Waals surface area contributed by atoms with Crippen molar-refractivity contribution in [3.63, 3.8) is 0 Å². The third-order valence-corrected chi connectivity index (χ3v) is 3.62. The Morgan fingerprint density at radius 3 is 2.52 bits per heavy atom. The monoisotopic (exact) mass is 287 g/mol. The number of aliphatic hydroxyl groups excluding tert-OH is 1. The largest absolute Gasteiger partial charge is 0.483 e. The Bertz CT molecular complexity index is 620. The van der Waals surface area contributed by atoms with Crippen LogP contribution in [-0.2, 0) is 11.4 Å². The molecule has 2 aromatic rings. The van der Waals surface area contributed by atoms with E-state index in [0.717, 1.165) is 16.3 Å². The fourth-order valence-corrected chi connectivity index (χ4v) is 2.42.